The maximum Gasteiger partial charge on any atom is 0.407 e. The third-order valence-corrected chi connectivity index (χ3v) is 2.67. The third kappa shape index (κ3) is 7.76. The van der Waals surface area contributed by atoms with Crippen LogP contribution in [0.1, 0.15) is 41.0 Å². The van der Waals surface area contributed by atoms with Crippen molar-refractivity contribution in [1.82, 2.24) is 5.32 Å². The van der Waals surface area contributed by atoms with Crippen molar-refractivity contribution in [3.05, 3.63) is 24.3 Å². The number of amides is 1. The van der Waals surface area contributed by atoms with Gasteiger partial charge < -0.3 is 20.1 Å². The molecule has 0 bridgehead atoms. The van der Waals surface area contributed by atoms with E-state index in [0.717, 1.165) is 17.9 Å². The molecule has 1 aromatic rings. The molecule has 1 atom stereocenters. The van der Waals surface area contributed by atoms with E-state index in [0.29, 0.717) is 13.2 Å². The lowest BCUT2D eigenvalue weighted by Gasteiger charge is -2.21. The minimum absolute atomic E-state index is 0.0777. The Balaban J connectivity index is 2.41. The molecule has 5 heteroatoms. The molecule has 5 nitrogen and oxygen atoms in total. The second kappa shape index (κ2) is 8.51. The fourth-order valence-corrected chi connectivity index (χ4v) is 1.78. The van der Waals surface area contributed by atoms with Gasteiger partial charge in [-0.1, -0.05) is 13.0 Å². The van der Waals surface area contributed by atoms with Crippen LogP contribution in [0.25, 0.3) is 0 Å². The number of rotatable bonds is 7. The van der Waals surface area contributed by atoms with Crippen LogP contribution in [0.15, 0.2) is 24.3 Å². The Labute approximate surface area is 133 Å². The summed E-state index contributed by atoms with van der Waals surface area (Å²) in [6, 6.07) is 7.89. The average molecular weight is 308 g/mol. The third-order valence-electron chi connectivity index (χ3n) is 2.67. The standard InChI is InChI=1S/C17H28N2O3/c1-6-10-21-15-9-7-8-14(11-15)19-13(2)12-18-16(20)22-17(3,4)5/h7-9,11,13,19H,6,10,12H2,1-5H3,(H,18,20). The van der Waals surface area contributed by atoms with Gasteiger partial charge in [-0.3, -0.25) is 0 Å². The molecule has 0 aliphatic heterocycles. The van der Waals surface area contributed by atoms with Gasteiger partial charge in [0.1, 0.15) is 11.4 Å². The number of carbonyl (C=O) groups is 1. The van der Waals surface area contributed by atoms with Gasteiger partial charge in [-0.05, 0) is 46.2 Å². The van der Waals surface area contributed by atoms with Crippen molar-refractivity contribution in [2.24, 2.45) is 0 Å². The van der Waals surface area contributed by atoms with E-state index in [9.17, 15) is 4.79 Å². The minimum atomic E-state index is -0.480. The van der Waals surface area contributed by atoms with Gasteiger partial charge in [0, 0.05) is 24.3 Å². The SMILES string of the molecule is CCCOc1cccc(NC(C)CNC(=O)OC(C)(C)C)c1. The Morgan fingerprint density at radius 1 is 1.32 bits per heavy atom. The molecule has 0 aromatic heterocycles. The maximum atomic E-state index is 11.6. The van der Waals surface area contributed by atoms with Gasteiger partial charge in [0.25, 0.3) is 0 Å². The molecular formula is C17H28N2O3. The second-order valence-electron chi connectivity index (χ2n) is 6.30. The first-order valence-electron chi connectivity index (χ1n) is 7.76. The number of hydrogen-bond donors (Lipinski definition) is 2. The van der Waals surface area contributed by atoms with Gasteiger partial charge in [0.05, 0.1) is 6.61 Å². The van der Waals surface area contributed by atoms with Crippen LogP contribution in [0.3, 0.4) is 0 Å². The highest BCUT2D eigenvalue weighted by atomic mass is 16.6. The van der Waals surface area contributed by atoms with Crippen molar-refractivity contribution >= 4 is 11.8 Å². The van der Waals surface area contributed by atoms with E-state index in [1.54, 1.807) is 0 Å². The summed E-state index contributed by atoms with van der Waals surface area (Å²) >= 11 is 0. The molecule has 1 unspecified atom stereocenters. The number of nitrogens with one attached hydrogen (secondary N) is 2. The molecule has 0 radical (unpaired) electrons. The zero-order valence-electron chi connectivity index (χ0n) is 14.2. The zero-order valence-corrected chi connectivity index (χ0v) is 14.2. The molecule has 22 heavy (non-hydrogen) atoms. The molecule has 2 N–H and O–H groups in total. The van der Waals surface area contributed by atoms with Crippen molar-refractivity contribution in [3.63, 3.8) is 0 Å². The van der Waals surface area contributed by atoms with Gasteiger partial charge in [0.15, 0.2) is 0 Å². The first-order chi connectivity index (χ1) is 10.3. The first-order valence-corrected chi connectivity index (χ1v) is 7.76. The highest BCUT2D eigenvalue weighted by Crippen LogP contribution is 2.18. The number of anilines is 1. The Kier molecular flexibility index (Phi) is 7.02. The fourth-order valence-electron chi connectivity index (χ4n) is 1.78. The summed E-state index contributed by atoms with van der Waals surface area (Å²) in [7, 11) is 0. The van der Waals surface area contributed by atoms with Gasteiger partial charge in [0.2, 0.25) is 0 Å². The quantitative estimate of drug-likeness (QED) is 0.804. The topological polar surface area (TPSA) is 59.6 Å². The lowest BCUT2D eigenvalue weighted by Crippen LogP contribution is -2.38. The van der Waals surface area contributed by atoms with E-state index < -0.39 is 11.7 Å². The number of hydrogen-bond acceptors (Lipinski definition) is 4. The fraction of sp³-hybridized carbons (Fsp3) is 0.588. The number of alkyl carbamates (subject to hydrolysis) is 1. The molecule has 0 spiro atoms. The van der Waals surface area contributed by atoms with E-state index in [1.807, 2.05) is 52.0 Å². The van der Waals surface area contributed by atoms with Crippen molar-refractivity contribution in [3.8, 4) is 5.75 Å². The summed E-state index contributed by atoms with van der Waals surface area (Å²) in [6.07, 6.45) is 0.578. The van der Waals surface area contributed by atoms with Gasteiger partial charge >= 0.3 is 6.09 Å². The summed E-state index contributed by atoms with van der Waals surface area (Å²) in [5.41, 5.74) is 0.484. The lowest BCUT2D eigenvalue weighted by molar-refractivity contribution is 0.0526. The predicted molar refractivity (Wildman–Crippen MR) is 89.5 cm³/mol. The first kappa shape index (κ1) is 18.1. The lowest BCUT2D eigenvalue weighted by atomic mass is 10.2. The van der Waals surface area contributed by atoms with Gasteiger partial charge in [-0.15, -0.1) is 0 Å². The van der Waals surface area contributed by atoms with Crippen LogP contribution in [0, 0.1) is 0 Å². The van der Waals surface area contributed by atoms with E-state index in [1.165, 1.54) is 0 Å². The summed E-state index contributed by atoms with van der Waals surface area (Å²) < 4.78 is 10.8. The summed E-state index contributed by atoms with van der Waals surface area (Å²) in [5, 5.41) is 6.08. The number of ether oxygens (including phenoxy) is 2. The van der Waals surface area contributed by atoms with Gasteiger partial charge in [-0.2, -0.15) is 0 Å². The predicted octanol–water partition coefficient (Wildman–Crippen LogP) is 3.80. The monoisotopic (exact) mass is 308 g/mol. The molecule has 0 heterocycles. The summed E-state index contributed by atoms with van der Waals surface area (Å²) in [4.78, 5) is 11.6. The van der Waals surface area contributed by atoms with Crippen LogP contribution in [0.2, 0.25) is 0 Å². The summed E-state index contributed by atoms with van der Waals surface area (Å²) in [6.45, 7) is 10.8. The molecule has 0 saturated carbocycles. The summed E-state index contributed by atoms with van der Waals surface area (Å²) in [5.74, 6) is 0.846. The number of carbonyl (C=O) groups excluding carboxylic acids is 1. The van der Waals surface area contributed by atoms with Crippen LogP contribution < -0.4 is 15.4 Å². The molecule has 124 valence electrons. The van der Waals surface area contributed by atoms with Crippen molar-refractivity contribution in [2.45, 2.75) is 52.7 Å². The minimum Gasteiger partial charge on any atom is -0.494 e. The van der Waals surface area contributed by atoms with Crippen LogP contribution in [-0.4, -0.2) is 30.9 Å². The molecule has 0 fully saturated rings. The van der Waals surface area contributed by atoms with Crippen molar-refractivity contribution < 1.29 is 14.3 Å². The molecule has 0 aliphatic rings. The molecular weight excluding hydrogens is 280 g/mol. The number of benzene rings is 1. The van der Waals surface area contributed by atoms with Crippen LogP contribution in [-0.2, 0) is 4.74 Å². The Bertz CT molecular complexity index is 469. The normalized spacial score (nSPS) is 12.4. The van der Waals surface area contributed by atoms with E-state index in [2.05, 4.69) is 17.6 Å². The smallest absolute Gasteiger partial charge is 0.407 e. The molecule has 0 aliphatic carbocycles. The second-order valence-corrected chi connectivity index (χ2v) is 6.30. The zero-order chi connectivity index (χ0) is 16.6. The average Bonchev–Trinajstić information content (AvgIpc) is 2.41. The molecule has 1 amide bonds. The van der Waals surface area contributed by atoms with Crippen molar-refractivity contribution in [2.75, 3.05) is 18.5 Å². The highest BCUT2D eigenvalue weighted by Gasteiger charge is 2.16. The van der Waals surface area contributed by atoms with Crippen LogP contribution in [0.4, 0.5) is 10.5 Å². The van der Waals surface area contributed by atoms with Crippen LogP contribution in [0.5, 0.6) is 5.75 Å². The Hall–Kier alpha value is -1.91. The molecule has 0 saturated heterocycles. The van der Waals surface area contributed by atoms with Gasteiger partial charge in [-0.25, -0.2) is 4.79 Å². The van der Waals surface area contributed by atoms with E-state index in [4.69, 9.17) is 9.47 Å². The highest BCUT2D eigenvalue weighted by molar-refractivity contribution is 5.67. The van der Waals surface area contributed by atoms with E-state index in [-0.39, 0.29) is 6.04 Å². The largest absolute Gasteiger partial charge is 0.494 e. The Morgan fingerprint density at radius 2 is 2.05 bits per heavy atom. The van der Waals surface area contributed by atoms with Crippen molar-refractivity contribution in [1.29, 1.82) is 0 Å². The molecule has 1 rings (SSSR count). The van der Waals surface area contributed by atoms with Crippen LogP contribution >= 0.6 is 0 Å². The molecule has 1 aromatic carbocycles. The maximum absolute atomic E-state index is 11.6. The Morgan fingerprint density at radius 3 is 2.68 bits per heavy atom. The van der Waals surface area contributed by atoms with E-state index >= 15 is 0 Å².